The molecule has 0 nitrogen and oxygen atoms in total. The molecule has 0 saturated heterocycles. The highest BCUT2D eigenvalue weighted by molar-refractivity contribution is 7.52. The Morgan fingerprint density at radius 1 is 0.188 bits per heavy atom. The molecule has 0 fully saturated rings. The van der Waals surface area contributed by atoms with Gasteiger partial charge in [0.05, 0.1) is 0 Å². The van der Waals surface area contributed by atoms with Crippen molar-refractivity contribution in [2.45, 2.75) is 105 Å². The lowest BCUT2D eigenvalue weighted by Gasteiger charge is -2.35. The molecule has 0 spiro atoms. The van der Waals surface area contributed by atoms with Gasteiger partial charge >= 0.3 is 0 Å². The maximum atomic E-state index is 3.96. The summed E-state index contributed by atoms with van der Waals surface area (Å²) in [7, 11) is -13.8. The smallest absolute Gasteiger partial charge is 0.137 e. The fourth-order valence-electron chi connectivity index (χ4n) is 2.50. The SMILES string of the molecule is C[Si]1(C)C#C[Si](C)(C)[Si](C)(C)C#C[Si](C)(C)[Si](C)(C)C#C[Si](C)(C)[Si](C)(C)C#C[Si]1(C)C. The Labute approximate surface area is 208 Å². The maximum Gasteiger partial charge on any atom is 0.137 e. The standard InChI is InChI=1S/C24H48Si8/c1-25(2)17-18-27(5,6)29(9,10)21-22-31(13,14)32(15,16)24-23-30(11,12)28(7,8)20-19-26(25,3)4/h1-16H3. The predicted octanol–water partition coefficient (Wildman–Crippen LogP) is 6.31. The van der Waals surface area contributed by atoms with E-state index in [-0.39, 0.29) is 0 Å². The maximum absolute atomic E-state index is 3.96. The van der Waals surface area contributed by atoms with Crippen molar-refractivity contribution in [2.75, 3.05) is 0 Å². The molecular weight excluding hydrogens is 513 g/mol. The molecule has 0 unspecified atom stereocenters. The molecule has 8 heteroatoms. The van der Waals surface area contributed by atoms with Gasteiger partial charge in [-0.1, -0.05) is 105 Å². The molecule has 0 aromatic carbocycles. The fourth-order valence-corrected chi connectivity index (χ4v) is 27.0. The van der Waals surface area contributed by atoms with Crippen LogP contribution < -0.4 is 0 Å². The van der Waals surface area contributed by atoms with Gasteiger partial charge < -0.3 is 0 Å². The van der Waals surface area contributed by atoms with Gasteiger partial charge in [0.25, 0.3) is 0 Å². The van der Waals surface area contributed by atoms with Crippen molar-refractivity contribution in [3.05, 3.63) is 0 Å². The lowest BCUT2D eigenvalue weighted by molar-refractivity contribution is 1.81. The lowest BCUT2D eigenvalue weighted by atomic mass is 11.4. The summed E-state index contributed by atoms with van der Waals surface area (Å²) in [6.07, 6.45) is 0. The highest BCUT2D eigenvalue weighted by Gasteiger charge is 2.46. The van der Waals surface area contributed by atoms with Crippen LogP contribution in [0.25, 0.3) is 0 Å². The molecule has 1 aliphatic rings. The van der Waals surface area contributed by atoms with Crippen LogP contribution in [0.1, 0.15) is 0 Å². The van der Waals surface area contributed by atoms with E-state index >= 15 is 0 Å². The van der Waals surface area contributed by atoms with Crippen molar-refractivity contribution in [1.29, 1.82) is 0 Å². The minimum absolute atomic E-state index is 1.73. The molecular formula is C24H48Si8. The van der Waals surface area contributed by atoms with Crippen LogP contribution in [0.15, 0.2) is 0 Å². The van der Waals surface area contributed by atoms with Gasteiger partial charge in [-0.2, -0.15) is 0 Å². The van der Waals surface area contributed by atoms with E-state index in [1.54, 1.807) is 0 Å². The Kier molecular flexibility index (Phi) is 8.33. The van der Waals surface area contributed by atoms with E-state index in [1.807, 2.05) is 0 Å². The molecule has 1 rings (SSSR count). The molecule has 0 aliphatic carbocycles. The third-order valence-corrected chi connectivity index (χ3v) is 69.0. The van der Waals surface area contributed by atoms with Crippen LogP contribution in [0.2, 0.25) is 105 Å². The van der Waals surface area contributed by atoms with E-state index in [0.29, 0.717) is 0 Å². The van der Waals surface area contributed by atoms with Crippen molar-refractivity contribution >= 4 is 60.7 Å². The van der Waals surface area contributed by atoms with E-state index in [0.717, 1.165) is 0 Å². The van der Waals surface area contributed by atoms with Crippen molar-refractivity contribution < 1.29 is 0 Å². The first kappa shape index (κ1) is 30.0. The van der Waals surface area contributed by atoms with Gasteiger partial charge in [0.15, 0.2) is 0 Å². The molecule has 176 valence electrons. The Hall–Kier alpha value is -0.0249. The van der Waals surface area contributed by atoms with Crippen molar-refractivity contribution in [3.8, 4) is 44.3 Å². The van der Waals surface area contributed by atoms with Gasteiger partial charge in [0.2, 0.25) is 0 Å². The zero-order valence-electron chi connectivity index (χ0n) is 24.0. The van der Waals surface area contributed by atoms with Crippen molar-refractivity contribution in [1.82, 2.24) is 0 Å². The van der Waals surface area contributed by atoms with E-state index < -0.39 is 60.7 Å². The van der Waals surface area contributed by atoms with Crippen molar-refractivity contribution in [3.63, 3.8) is 0 Å². The van der Waals surface area contributed by atoms with Crippen LogP contribution in [-0.2, 0) is 0 Å². The minimum Gasteiger partial charge on any atom is -0.141 e. The molecule has 0 radical (unpaired) electrons. The summed E-state index contributed by atoms with van der Waals surface area (Å²) in [4.78, 5) is 0. The third-order valence-electron chi connectivity index (χ3n) is 9.00. The number of hydrogen-bond donors (Lipinski definition) is 0. The van der Waals surface area contributed by atoms with E-state index in [9.17, 15) is 0 Å². The molecule has 0 bridgehead atoms. The van der Waals surface area contributed by atoms with Gasteiger partial charge in [-0.15, -0.1) is 44.3 Å². The van der Waals surface area contributed by atoms with Crippen LogP contribution >= 0.6 is 0 Å². The topological polar surface area (TPSA) is 0 Å². The van der Waals surface area contributed by atoms with Crippen molar-refractivity contribution in [2.24, 2.45) is 0 Å². The second-order valence-electron chi connectivity index (χ2n) is 14.0. The highest BCUT2D eigenvalue weighted by Crippen LogP contribution is 2.25. The van der Waals surface area contributed by atoms with Crippen LogP contribution in [0, 0.1) is 44.3 Å². The molecule has 0 atom stereocenters. The molecule has 0 aromatic rings. The zero-order chi connectivity index (χ0) is 25.7. The summed E-state index contributed by atoms with van der Waals surface area (Å²) in [5.74, 6) is 0. The predicted molar refractivity (Wildman–Crippen MR) is 171 cm³/mol. The van der Waals surface area contributed by atoms with Crippen LogP contribution in [0.3, 0.4) is 0 Å². The summed E-state index contributed by atoms with van der Waals surface area (Å²) >= 11 is 0. The zero-order valence-corrected chi connectivity index (χ0v) is 32.0. The molecule has 32 heavy (non-hydrogen) atoms. The molecule has 1 aliphatic heterocycles. The van der Waals surface area contributed by atoms with Gasteiger partial charge in [0.1, 0.15) is 60.7 Å². The monoisotopic (exact) mass is 560 g/mol. The Morgan fingerprint density at radius 3 is 0.312 bits per heavy atom. The summed E-state index contributed by atoms with van der Waals surface area (Å²) < 4.78 is 0. The third kappa shape index (κ3) is 6.15. The van der Waals surface area contributed by atoms with E-state index in [1.165, 1.54) is 0 Å². The summed E-state index contributed by atoms with van der Waals surface area (Å²) in [6, 6.07) is 0. The Morgan fingerprint density at radius 2 is 0.250 bits per heavy atom. The summed E-state index contributed by atoms with van der Waals surface area (Å²) in [6.45, 7) is 39.7. The first-order valence-corrected chi connectivity index (χ1v) is 40.0. The Bertz CT molecular complexity index is 771. The van der Waals surface area contributed by atoms with Gasteiger partial charge in [-0.25, -0.2) is 0 Å². The number of hydrogen-bond acceptors (Lipinski definition) is 0. The quantitative estimate of drug-likeness (QED) is 0.241. The van der Waals surface area contributed by atoms with E-state index in [4.69, 9.17) is 0 Å². The largest absolute Gasteiger partial charge is 0.141 e. The van der Waals surface area contributed by atoms with Crippen LogP contribution in [0.5, 0.6) is 0 Å². The van der Waals surface area contributed by atoms with Crippen LogP contribution in [0.4, 0.5) is 0 Å². The lowest BCUT2D eigenvalue weighted by Crippen LogP contribution is -2.59. The molecule has 1 heterocycles. The first-order chi connectivity index (χ1) is 13.8. The van der Waals surface area contributed by atoms with E-state index in [2.05, 4.69) is 149 Å². The molecule has 0 saturated carbocycles. The van der Waals surface area contributed by atoms with Gasteiger partial charge in [-0.3, -0.25) is 0 Å². The summed E-state index contributed by atoms with van der Waals surface area (Å²) in [5, 5.41) is 0. The second-order valence-corrected chi connectivity index (χ2v) is 72.0. The summed E-state index contributed by atoms with van der Waals surface area (Å²) in [5.41, 5.74) is 31.7. The molecule has 0 aromatic heterocycles. The number of rotatable bonds is 0. The van der Waals surface area contributed by atoms with Gasteiger partial charge in [0, 0.05) is 0 Å². The second kappa shape index (κ2) is 8.88. The molecule has 0 N–H and O–H groups in total. The first-order valence-electron chi connectivity index (χ1n) is 12.0. The Balaban J connectivity index is 3.96. The van der Waals surface area contributed by atoms with Gasteiger partial charge in [-0.05, 0) is 0 Å². The normalized spacial score (nSPS) is 27.5. The minimum atomic E-state index is -1.73. The van der Waals surface area contributed by atoms with Crippen LogP contribution in [-0.4, -0.2) is 60.7 Å². The average molecular weight is 561 g/mol. The average Bonchev–Trinajstić information content (AvgIpc) is 2.61. The fraction of sp³-hybridized carbons (Fsp3) is 0.667. The molecule has 0 amide bonds. The highest BCUT2D eigenvalue weighted by atomic mass is 29.3.